The number of pyridine rings is 1. The normalized spacial score (nSPS) is 11.6. The van der Waals surface area contributed by atoms with E-state index in [-0.39, 0.29) is 21.1 Å². The molecule has 0 spiro atoms. The van der Waals surface area contributed by atoms with Crippen molar-refractivity contribution in [2.45, 2.75) is 6.92 Å². The van der Waals surface area contributed by atoms with Gasteiger partial charge in [-0.05, 0) is 58.6 Å². The van der Waals surface area contributed by atoms with Crippen LogP contribution in [0.15, 0.2) is 195 Å². The van der Waals surface area contributed by atoms with Crippen LogP contribution in [0.3, 0.4) is 0 Å². The summed E-state index contributed by atoms with van der Waals surface area (Å²) in [7, 11) is -3.05. The van der Waals surface area contributed by atoms with Gasteiger partial charge in [0.1, 0.15) is 19.6 Å². The van der Waals surface area contributed by atoms with E-state index >= 15 is 0 Å². The summed E-state index contributed by atoms with van der Waals surface area (Å²) < 4.78 is 6.81. The van der Waals surface area contributed by atoms with Gasteiger partial charge >= 0.3 is 0 Å². The van der Waals surface area contributed by atoms with Crippen LogP contribution in [0.25, 0.3) is 50.0 Å². The third-order valence-electron chi connectivity index (χ3n) is 10.6. The van der Waals surface area contributed by atoms with Gasteiger partial charge in [-0.15, -0.1) is 17.5 Å². The van der Waals surface area contributed by atoms with Gasteiger partial charge in [0.25, 0.3) is 0 Å². The first-order chi connectivity index (χ1) is 26.7. The number of imidazole rings is 1. The van der Waals surface area contributed by atoms with Gasteiger partial charge in [0.15, 0.2) is 17.4 Å². The third-order valence-corrected chi connectivity index (χ3v) is 15.2. The molecule has 0 atom stereocenters. The smallest absolute Gasteiger partial charge is 0.168 e. The van der Waals surface area contributed by atoms with Crippen LogP contribution in [0.5, 0.6) is 0 Å². The summed E-state index contributed by atoms with van der Waals surface area (Å²) in [6.45, 7) is 2.12. The summed E-state index contributed by atoms with van der Waals surface area (Å²) in [4.78, 5) is 4.89. The van der Waals surface area contributed by atoms with E-state index in [2.05, 4.69) is 215 Å². The van der Waals surface area contributed by atoms with Crippen molar-refractivity contribution in [1.82, 2.24) is 18.7 Å². The molecule has 0 saturated heterocycles. The van der Waals surface area contributed by atoms with E-state index in [1.54, 1.807) is 0 Å². The number of rotatable bonds is 7. The Morgan fingerprint density at radius 2 is 1.13 bits per heavy atom. The minimum absolute atomic E-state index is 0. The van der Waals surface area contributed by atoms with Crippen LogP contribution in [0, 0.1) is 19.1 Å². The van der Waals surface area contributed by atoms with Gasteiger partial charge in [-0.1, -0.05) is 115 Å². The zero-order chi connectivity index (χ0) is 36.1. The standard InChI is InChI=1S/C49H35N4Si.Pt/c1-36-30-31-50-49(32-36)53-45-25-12-11-24-43(45)44-29-28-42(34-48(44)53)54(39-19-7-3-8-20-39,40-21-9-4-10-22-40)41-23-15-18-38(33-41)52-35-51(37-16-5-2-6-17-37)46-26-13-14-27-47(46)52;/h2-32,35H,1H3;/q-1;. The molecule has 3 aromatic heterocycles. The van der Waals surface area contributed by atoms with Gasteiger partial charge in [-0.2, -0.15) is 45.3 Å². The zero-order valence-electron chi connectivity index (χ0n) is 30.1. The molecule has 6 heteroatoms. The number of hydrogen-bond acceptors (Lipinski definition) is 1. The van der Waals surface area contributed by atoms with Gasteiger partial charge in [-0.3, -0.25) is 0 Å². The average molecular weight is 903 g/mol. The van der Waals surface area contributed by atoms with E-state index in [1.165, 1.54) is 15.8 Å². The SMILES string of the molecule is Cc1ccnc(-n2c3[c-]c([Si](c4[c-]c(-n5[cH+]n(-c6ccccc6)c6ccccc65)ccc4)(c4ccccc4)c4ccccc4)ccc3c3ccccc32)c1.[Pt]. The first-order valence-electron chi connectivity index (χ1n) is 18.3. The Balaban J connectivity index is 0.00000397. The van der Waals surface area contributed by atoms with E-state index in [1.807, 2.05) is 12.3 Å². The zero-order valence-corrected chi connectivity index (χ0v) is 33.4. The molecule has 0 bridgehead atoms. The molecule has 0 radical (unpaired) electrons. The molecular formula is C49H35N4PtSi-. The van der Waals surface area contributed by atoms with Gasteiger partial charge in [-0.25, -0.2) is 9.55 Å². The Labute approximate surface area is 335 Å². The second-order valence-electron chi connectivity index (χ2n) is 13.8. The van der Waals surface area contributed by atoms with Crippen molar-refractivity contribution < 1.29 is 21.1 Å². The molecular weight excluding hydrogens is 868 g/mol. The fourth-order valence-corrected chi connectivity index (χ4v) is 12.8. The van der Waals surface area contributed by atoms with Crippen LogP contribution in [-0.4, -0.2) is 26.8 Å². The van der Waals surface area contributed by atoms with Gasteiger partial charge < -0.3 is 4.57 Å². The molecule has 10 rings (SSSR count). The maximum absolute atomic E-state index is 4.89. The quantitative estimate of drug-likeness (QED) is 0.0897. The number of fused-ring (bicyclic) bond motifs is 4. The number of para-hydroxylation sites is 4. The maximum atomic E-state index is 4.89. The second-order valence-corrected chi connectivity index (χ2v) is 17.5. The van der Waals surface area contributed by atoms with Crippen LogP contribution in [0.2, 0.25) is 0 Å². The van der Waals surface area contributed by atoms with Crippen molar-refractivity contribution in [1.29, 1.82) is 0 Å². The van der Waals surface area contributed by atoms with Crippen LogP contribution < -0.4 is 20.7 Å². The molecule has 7 aromatic carbocycles. The summed E-state index contributed by atoms with van der Waals surface area (Å²) in [5.74, 6) is 0.890. The van der Waals surface area contributed by atoms with Crippen molar-refractivity contribution in [3.63, 3.8) is 0 Å². The predicted octanol–water partition coefficient (Wildman–Crippen LogP) is 8.48. The van der Waals surface area contributed by atoms with Crippen molar-refractivity contribution >= 4 is 61.7 Å². The number of benzene rings is 7. The molecule has 266 valence electrons. The monoisotopic (exact) mass is 902 g/mol. The molecule has 0 unspecified atom stereocenters. The number of aryl methyl sites for hydroxylation is 1. The molecule has 3 heterocycles. The van der Waals surface area contributed by atoms with Crippen molar-refractivity contribution in [2.75, 3.05) is 0 Å². The van der Waals surface area contributed by atoms with Crippen molar-refractivity contribution in [3.8, 4) is 17.2 Å². The molecule has 0 fully saturated rings. The van der Waals surface area contributed by atoms with Gasteiger partial charge in [0, 0.05) is 50.6 Å². The first kappa shape index (κ1) is 34.6. The molecule has 55 heavy (non-hydrogen) atoms. The molecule has 0 aliphatic rings. The van der Waals surface area contributed by atoms with Gasteiger partial charge in [0.05, 0.1) is 0 Å². The van der Waals surface area contributed by atoms with Crippen LogP contribution in [0.1, 0.15) is 5.56 Å². The number of nitrogens with zero attached hydrogens (tertiary/aromatic N) is 4. The average Bonchev–Trinajstić information content (AvgIpc) is 3.79. The van der Waals surface area contributed by atoms with E-state index in [0.29, 0.717) is 0 Å². The van der Waals surface area contributed by atoms with E-state index in [9.17, 15) is 0 Å². The number of hydrogen-bond donors (Lipinski definition) is 0. The maximum Gasteiger partial charge on any atom is 0.168 e. The summed E-state index contributed by atoms with van der Waals surface area (Å²) in [6, 6.07) is 73.4. The number of aromatic nitrogens is 4. The predicted molar refractivity (Wildman–Crippen MR) is 225 cm³/mol. The fraction of sp³-hybridized carbons (Fsp3) is 0.0204. The molecule has 0 aliphatic heterocycles. The molecule has 0 N–H and O–H groups in total. The Morgan fingerprint density at radius 1 is 0.527 bits per heavy atom. The van der Waals surface area contributed by atoms with Crippen LogP contribution in [0.4, 0.5) is 0 Å². The minimum Gasteiger partial charge on any atom is -0.319 e. The van der Waals surface area contributed by atoms with Gasteiger partial charge in [0.2, 0.25) is 0 Å². The Morgan fingerprint density at radius 3 is 1.82 bits per heavy atom. The third kappa shape index (κ3) is 5.70. The second kappa shape index (κ2) is 14.3. The molecule has 0 aliphatic carbocycles. The Hall–Kier alpha value is -6.13. The van der Waals surface area contributed by atoms with E-state index in [0.717, 1.165) is 60.6 Å². The molecule has 0 amide bonds. The van der Waals surface area contributed by atoms with Crippen LogP contribution >= 0.6 is 0 Å². The summed E-state index contributed by atoms with van der Waals surface area (Å²) >= 11 is 0. The first-order valence-corrected chi connectivity index (χ1v) is 20.3. The summed E-state index contributed by atoms with van der Waals surface area (Å²) in [5.41, 5.74) is 7.65. The molecule has 4 nitrogen and oxygen atoms in total. The van der Waals surface area contributed by atoms with Crippen LogP contribution in [-0.2, 0) is 21.1 Å². The summed E-state index contributed by atoms with van der Waals surface area (Å²) in [6.07, 6.45) is 4.09. The Bertz CT molecular complexity index is 2920. The topological polar surface area (TPSA) is 27.7 Å². The fourth-order valence-electron chi connectivity index (χ4n) is 8.22. The molecule has 10 aromatic rings. The Kier molecular flexibility index (Phi) is 8.98. The van der Waals surface area contributed by atoms with Crippen molar-refractivity contribution in [3.05, 3.63) is 212 Å². The molecule has 0 saturated carbocycles. The summed E-state index contributed by atoms with van der Waals surface area (Å²) in [5, 5.41) is 7.21. The van der Waals surface area contributed by atoms with E-state index in [4.69, 9.17) is 4.98 Å². The van der Waals surface area contributed by atoms with E-state index < -0.39 is 8.07 Å². The minimum atomic E-state index is -3.05. The largest absolute Gasteiger partial charge is 0.319 e. The van der Waals surface area contributed by atoms with Crippen molar-refractivity contribution in [2.24, 2.45) is 0 Å².